The average Bonchev–Trinajstić information content (AvgIpc) is 3.20. The van der Waals surface area contributed by atoms with Crippen molar-refractivity contribution >= 4 is 5.91 Å². The largest absolute Gasteiger partial charge is 0.336 e. The summed E-state index contributed by atoms with van der Waals surface area (Å²) in [7, 11) is 0. The van der Waals surface area contributed by atoms with Gasteiger partial charge in [-0.3, -0.25) is 9.69 Å². The Hall–Kier alpha value is -2.99. The van der Waals surface area contributed by atoms with Crippen molar-refractivity contribution in [2.24, 2.45) is 0 Å². The molecule has 1 aromatic heterocycles. The molecule has 1 fully saturated rings. The summed E-state index contributed by atoms with van der Waals surface area (Å²) in [5.74, 6) is 1.70. The highest BCUT2D eigenvalue weighted by molar-refractivity contribution is 5.94. The molecular formula is C24H28N4O2. The summed E-state index contributed by atoms with van der Waals surface area (Å²) in [6.07, 6.45) is 0. The van der Waals surface area contributed by atoms with Gasteiger partial charge in [-0.2, -0.15) is 4.98 Å². The van der Waals surface area contributed by atoms with E-state index in [1.165, 1.54) is 11.1 Å². The summed E-state index contributed by atoms with van der Waals surface area (Å²) < 4.78 is 5.18. The van der Waals surface area contributed by atoms with Crippen molar-refractivity contribution in [3.8, 4) is 11.5 Å². The van der Waals surface area contributed by atoms with E-state index >= 15 is 0 Å². The van der Waals surface area contributed by atoms with Crippen LogP contribution in [0, 0.1) is 6.92 Å². The maximum atomic E-state index is 12.9. The van der Waals surface area contributed by atoms with Gasteiger partial charge < -0.3 is 9.42 Å². The molecule has 3 aromatic rings. The predicted molar refractivity (Wildman–Crippen MR) is 116 cm³/mol. The molecule has 0 atom stereocenters. The van der Waals surface area contributed by atoms with Crippen molar-refractivity contribution < 1.29 is 9.32 Å². The van der Waals surface area contributed by atoms with Crippen molar-refractivity contribution in [3.63, 3.8) is 0 Å². The van der Waals surface area contributed by atoms with Gasteiger partial charge >= 0.3 is 0 Å². The number of aryl methyl sites for hydroxylation is 1. The van der Waals surface area contributed by atoms with Crippen molar-refractivity contribution in [3.05, 3.63) is 71.0 Å². The molecule has 6 nitrogen and oxygen atoms in total. The number of hydrogen-bond donors (Lipinski definition) is 0. The molecule has 30 heavy (non-hydrogen) atoms. The van der Waals surface area contributed by atoms with Gasteiger partial charge in [-0.1, -0.05) is 43.3 Å². The van der Waals surface area contributed by atoms with Crippen LogP contribution in [0.4, 0.5) is 0 Å². The lowest BCUT2D eigenvalue weighted by atomic mass is 10.0. The Kier molecular flexibility index (Phi) is 5.95. The van der Waals surface area contributed by atoms with Crippen LogP contribution in [0.5, 0.6) is 0 Å². The number of piperazine rings is 1. The number of hydrogen-bond acceptors (Lipinski definition) is 5. The highest BCUT2D eigenvalue weighted by Crippen LogP contribution is 2.20. The number of carbonyl (C=O) groups is 1. The standard InChI is InChI=1S/C24H28N4O2/c1-17(2)20-6-4-19(5-7-20)16-27-12-14-28(15-13-27)24(29)22-10-8-21(9-11-22)23-25-18(3)26-30-23/h4-11,17H,12-16H2,1-3H3. The molecule has 156 valence electrons. The molecule has 1 aliphatic heterocycles. The predicted octanol–water partition coefficient (Wildman–Crippen LogP) is 4.13. The van der Waals surface area contributed by atoms with Crippen molar-refractivity contribution in [2.45, 2.75) is 33.2 Å². The average molecular weight is 405 g/mol. The molecule has 6 heteroatoms. The molecule has 0 N–H and O–H groups in total. The molecule has 4 rings (SSSR count). The minimum absolute atomic E-state index is 0.0733. The van der Waals surface area contributed by atoms with Crippen LogP contribution in [-0.2, 0) is 6.54 Å². The second-order valence-electron chi connectivity index (χ2n) is 8.19. The van der Waals surface area contributed by atoms with E-state index in [9.17, 15) is 4.79 Å². The lowest BCUT2D eigenvalue weighted by Crippen LogP contribution is -2.48. The first kappa shape index (κ1) is 20.3. The van der Waals surface area contributed by atoms with E-state index in [-0.39, 0.29) is 5.91 Å². The number of benzene rings is 2. The van der Waals surface area contributed by atoms with Gasteiger partial charge in [-0.05, 0) is 48.2 Å². The van der Waals surface area contributed by atoms with Crippen LogP contribution in [0.2, 0.25) is 0 Å². The number of carbonyl (C=O) groups excluding carboxylic acids is 1. The van der Waals surface area contributed by atoms with Crippen LogP contribution >= 0.6 is 0 Å². The van der Waals surface area contributed by atoms with Crippen LogP contribution in [-0.4, -0.2) is 52.0 Å². The number of amides is 1. The Bertz CT molecular complexity index is 985. The van der Waals surface area contributed by atoms with Gasteiger partial charge in [0.2, 0.25) is 0 Å². The minimum Gasteiger partial charge on any atom is -0.336 e. The third-order valence-electron chi connectivity index (χ3n) is 5.62. The fourth-order valence-electron chi connectivity index (χ4n) is 3.73. The van der Waals surface area contributed by atoms with Crippen LogP contribution in [0.15, 0.2) is 53.1 Å². The zero-order chi connectivity index (χ0) is 21.1. The number of nitrogens with zero attached hydrogens (tertiary/aromatic N) is 4. The molecule has 1 saturated heterocycles. The molecule has 0 unspecified atom stereocenters. The summed E-state index contributed by atoms with van der Waals surface area (Å²) in [5, 5.41) is 3.81. The first-order chi connectivity index (χ1) is 14.5. The summed E-state index contributed by atoms with van der Waals surface area (Å²) in [4.78, 5) is 21.4. The van der Waals surface area contributed by atoms with Crippen molar-refractivity contribution in [2.75, 3.05) is 26.2 Å². The summed E-state index contributed by atoms with van der Waals surface area (Å²) in [5.41, 5.74) is 4.20. The molecule has 0 aliphatic carbocycles. The monoisotopic (exact) mass is 404 g/mol. The SMILES string of the molecule is Cc1noc(-c2ccc(C(=O)N3CCN(Cc4ccc(C(C)C)cc4)CC3)cc2)n1. The van der Waals surface area contributed by atoms with Crippen LogP contribution < -0.4 is 0 Å². The van der Waals surface area contributed by atoms with Gasteiger partial charge in [-0.25, -0.2) is 0 Å². The topological polar surface area (TPSA) is 62.5 Å². The van der Waals surface area contributed by atoms with Crippen LogP contribution in [0.3, 0.4) is 0 Å². The molecule has 0 saturated carbocycles. The van der Waals surface area contributed by atoms with Crippen molar-refractivity contribution in [1.82, 2.24) is 19.9 Å². The van der Waals surface area contributed by atoms with Gasteiger partial charge in [0, 0.05) is 43.9 Å². The lowest BCUT2D eigenvalue weighted by molar-refractivity contribution is 0.0628. The number of rotatable bonds is 5. The maximum Gasteiger partial charge on any atom is 0.257 e. The van der Waals surface area contributed by atoms with Gasteiger partial charge in [0.05, 0.1) is 0 Å². The van der Waals surface area contributed by atoms with E-state index in [1.54, 1.807) is 6.92 Å². The Balaban J connectivity index is 1.31. The minimum atomic E-state index is 0.0733. The molecule has 1 amide bonds. The fourth-order valence-corrected chi connectivity index (χ4v) is 3.73. The zero-order valence-electron chi connectivity index (χ0n) is 17.8. The highest BCUT2D eigenvalue weighted by Gasteiger charge is 2.22. The Labute approximate surface area is 177 Å². The van der Waals surface area contributed by atoms with E-state index in [2.05, 4.69) is 53.2 Å². The summed E-state index contributed by atoms with van der Waals surface area (Å²) in [6.45, 7) is 10.4. The highest BCUT2D eigenvalue weighted by atomic mass is 16.5. The second-order valence-corrected chi connectivity index (χ2v) is 8.19. The maximum absolute atomic E-state index is 12.9. The summed E-state index contributed by atoms with van der Waals surface area (Å²) >= 11 is 0. The zero-order valence-corrected chi connectivity index (χ0v) is 17.8. The molecule has 2 aromatic carbocycles. The summed E-state index contributed by atoms with van der Waals surface area (Å²) in [6, 6.07) is 16.3. The fraction of sp³-hybridized carbons (Fsp3) is 0.375. The Morgan fingerprint density at radius 2 is 1.67 bits per heavy atom. The van der Waals surface area contributed by atoms with Crippen molar-refractivity contribution in [1.29, 1.82) is 0 Å². The normalized spacial score (nSPS) is 15.0. The van der Waals surface area contributed by atoms with E-state index in [1.807, 2.05) is 29.2 Å². The second kappa shape index (κ2) is 8.79. The van der Waals surface area contributed by atoms with Crippen LogP contribution in [0.25, 0.3) is 11.5 Å². The lowest BCUT2D eigenvalue weighted by Gasteiger charge is -2.34. The van der Waals surface area contributed by atoms with Gasteiger partial charge in [0.1, 0.15) is 0 Å². The molecular weight excluding hydrogens is 376 g/mol. The Morgan fingerprint density at radius 1 is 1.00 bits per heavy atom. The van der Waals surface area contributed by atoms with Gasteiger partial charge in [0.15, 0.2) is 5.82 Å². The Morgan fingerprint density at radius 3 is 2.23 bits per heavy atom. The van der Waals surface area contributed by atoms with Crippen LogP contribution in [0.1, 0.15) is 47.1 Å². The van der Waals surface area contributed by atoms with Gasteiger partial charge in [-0.15, -0.1) is 0 Å². The molecule has 1 aliphatic rings. The van der Waals surface area contributed by atoms with Gasteiger partial charge in [0.25, 0.3) is 11.8 Å². The molecule has 0 radical (unpaired) electrons. The van der Waals surface area contributed by atoms with E-state index in [0.29, 0.717) is 23.2 Å². The molecule has 0 spiro atoms. The van der Waals surface area contributed by atoms with E-state index in [0.717, 1.165) is 38.3 Å². The first-order valence-corrected chi connectivity index (χ1v) is 10.5. The molecule has 2 heterocycles. The quantitative estimate of drug-likeness (QED) is 0.640. The smallest absolute Gasteiger partial charge is 0.257 e. The van der Waals surface area contributed by atoms with E-state index < -0.39 is 0 Å². The third-order valence-corrected chi connectivity index (χ3v) is 5.62. The van der Waals surface area contributed by atoms with E-state index in [4.69, 9.17) is 4.52 Å². The number of aromatic nitrogens is 2. The first-order valence-electron chi connectivity index (χ1n) is 10.5. The third kappa shape index (κ3) is 4.60. The molecule has 0 bridgehead atoms.